The van der Waals surface area contributed by atoms with Crippen molar-refractivity contribution in [3.63, 3.8) is 0 Å². The van der Waals surface area contributed by atoms with Crippen LogP contribution < -0.4 is 15.5 Å². The van der Waals surface area contributed by atoms with Gasteiger partial charge in [-0.25, -0.2) is 0 Å². The van der Waals surface area contributed by atoms with Crippen molar-refractivity contribution >= 4 is 29.1 Å². The summed E-state index contributed by atoms with van der Waals surface area (Å²) in [6.07, 6.45) is 0. The Bertz CT molecular complexity index is 823. The molecule has 0 aliphatic carbocycles. The molecule has 0 saturated heterocycles. The Morgan fingerprint density at radius 3 is 2.41 bits per heavy atom. The first-order valence-electron chi connectivity index (χ1n) is 8.99. The van der Waals surface area contributed by atoms with E-state index in [0.29, 0.717) is 5.02 Å². The number of nitrogens with one attached hydrogen (secondary N) is 3. The van der Waals surface area contributed by atoms with Crippen LogP contribution in [0.4, 0.5) is 5.69 Å². The number of carbonyl (C=O) groups excluding carboxylic acids is 2. The average molecular weight is 389 g/mol. The van der Waals surface area contributed by atoms with Crippen LogP contribution in [0.3, 0.4) is 0 Å². The third-order valence-electron chi connectivity index (χ3n) is 4.55. The molecule has 0 fully saturated rings. The highest BCUT2D eigenvalue weighted by Crippen LogP contribution is 2.21. The molecule has 1 unspecified atom stereocenters. The fourth-order valence-electron chi connectivity index (χ4n) is 2.89. The van der Waals surface area contributed by atoms with Gasteiger partial charge in [0.05, 0.1) is 13.1 Å². The molecule has 2 aromatic rings. The van der Waals surface area contributed by atoms with E-state index in [2.05, 4.69) is 10.6 Å². The molecule has 5 nitrogen and oxygen atoms in total. The highest BCUT2D eigenvalue weighted by Gasteiger charge is 2.18. The lowest BCUT2D eigenvalue weighted by molar-refractivity contribution is -0.862. The molecule has 2 rings (SSSR count). The molecule has 27 heavy (non-hydrogen) atoms. The molecule has 0 heterocycles. The van der Waals surface area contributed by atoms with Gasteiger partial charge in [0, 0.05) is 10.7 Å². The molecule has 0 bridgehead atoms. The number of hydrogen-bond donors (Lipinski definition) is 3. The first kappa shape index (κ1) is 20.9. The molecule has 0 aliphatic heterocycles. The van der Waals surface area contributed by atoms with Gasteiger partial charge in [0.15, 0.2) is 13.1 Å². The van der Waals surface area contributed by atoms with E-state index in [0.717, 1.165) is 27.3 Å². The van der Waals surface area contributed by atoms with Gasteiger partial charge in [-0.15, -0.1) is 0 Å². The number of rotatable bonds is 7. The number of quaternary nitrogens is 1. The molecule has 2 atom stereocenters. The number of carbonyl (C=O) groups is 2. The Labute approximate surface area is 165 Å². The van der Waals surface area contributed by atoms with Crippen LogP contribution in [0, 0.1) is 13.8 Å². The van der Waals surface area contributed by atoms with Gasteiger partial charge in [0.25, 0.3) is 11.8 Å². The van der Waals surface area contributed by atoms with Gasteiger partial charge in [0.1, 0.15) is 0 Å². The van der Waals surface area contributed by atoms with Crippen molar-refractivity contribution in [2.24, 2.45) is 0 Å². The SMILES string of the molecule is Cc1cccc(NC(=O)C[NH+](C)CC(=O)N[C@H](C)c2ccccc2Cl)c1C. The number of likely N-dealkylation sites (N-methyl/N-ethyl adjacent to an activating group) is 1. The maximum absolute atomic E-state index is 12.3. The van der Waals surface area contributed by atoms with E-state index < -0.39 is 0 Å². The molecule has 6 heteroatoms. The summed E-state index contributed by atoms with van der Waals surface area (Å²) < 4.78 is 0. The predicted octanol–water partition coefficient (Wildman–Crippen LogP) is 2.29. The van der Waals surface area contributed by atoms with Crippen molar-refractivity contribution in [3.8, 4) is 0 Å². The van der Waals surface area contributed by atoms with Crippen molar-refractivity contribution in [3.05, 3.63) is 64.2 Å². The molecule has 0 aromatic heterocycles. The molecule has 0 radical (unpaired) electrons. The fourth-order valence-corrected chi connectivity index (χ4v) is 3.19. The van der Waals surface area contributed by atoms with Gasteiger partial charge in [-0.1, -0.05) is 41.9 Å². The Morgan fingerprint density at radius 1 is 1.04 bits per heavy atom. The summed E-state index contributed by atoms with van der Waals surface area (Å²) in [5, 5.41) is 6.48. The molecule has 0 aliphatic rings. The Kier molecular flexibility index (Phi) is 7.39. The summed E-state index contributed by atoms with van der Waals surface area (Å²) in [4.78, 5) is 25.4. The lowest BCUT2D eigenvalue weighted by Crippen LogP contribution is -3.11. The topological polar surface area (TPSA) is 62.6 Å². The second kappa shape index (κ2) is 9.53. The minimum absolute atomic E-state index is 0.117. The van der Waals surface area contributed by atoms with E-state index in [1.54, 1.807) is 6.07 Å². The van der Waals surface area contributed by atoms with E-state index in [1.165, 1.54) is 0 Å². The second-order valence-electron chi connectivity index (χ2n) is 6.92. The van der Waals surface area contributed by atoms with Gasteiger partial charge in [0.2, 0.25) is 0 Å². The number of anilines is 1. The molecular weight excluding hydrogens is 362 g/mol. The van der Waals surface area contributed by atoms with Gasteiger partial charge >= 0.3 is 0 Å². The Balaban J connectivity index is 1.84. The summed E-state index contributed by atoms with van der Waals surface area (Å²) in [7, 11) is 1.82. The van der Waals surface area contributed by atoms with Gasteiger partial charge in [-0.2, -0.15) is 0 Å². The number of halogens is 1. The quantitative estimate of drug-likeness (QED) is 0.681. The average Bonchev–Trinajstić information content (AvgIpc) is 2.58. The third-order valence-corrected chi connectivity index (χ3v) is 4.90. The summed E-state index contributed by atoms with van der Waals surface area (Å²) in [6.45, 7) is 6.29. The van der Waals surface area contributed by atoms with Crippen LogP contribution in [0.2, 0.25) is 5.02 Å². The first-order valence-corrected chi connectivity index (χ1v) is 9.37. The van der Waals surface area contributed by atoms with Crippen molar-refractivity contribution in [2.45, 2.75) is 26.8 Å². The second-order valence-corrected chi connectivity index (χ2v) is 7.32. The smallest absolute Gasteiger partial charge is 0.279 e. The predicted molar refractivity (Wildman–Crippen MR) is 109 cm³/mol. The van der Waals surface area contributed by atoms with Crippen molar-refractivity contribution in [1.82, 2.24) is 5.32 Å². The number of benzene rings is 2. The molecule has 2 aromatic carbocycles. The van der Waals surface area contributed by atoms with Crippen LogP contribution in [0.25, 0.3) is 0 Å². The number of aryl methyl sites for hydroxylation is 1. The first-order chi connectivity index (χ1) is 12.8. The van der Waals surface area contributed by atoms with Crippen molar-refractivity contribution in [1.29, 1.82) is 0 Å². The monoisotopic (exact) mass is 388 g/mol. The summed E-state index contributed by atoms with van der Waals surface area (Å²) in [5.41, 5.74) is 3.86. The lowest BCUT2D eigenvalue weighted by atomic mass is 10.1. The van der Waals surface area contributed by atoms with Crippen molar-refractivity contribution in [2.75, 3.05) is 25.5 Å². The minimum atomic E-state index is -0.192. The summed E-state index contributed by atoms with van der Waals surface area (Å²) in [5.74, 6) is -0.243. The highest BCUT2D eigenvalue weighted by atomic mass is 35.5. The van der Waals surface area contributed by atoms with Crippen LogP contribution in [-0.2, 0) is 9.59 Å². The Hall–Kier alpha value is -2.37. The van der Waals surface area contributed by atoms with Crippen LogP contribution in [-0.4, -0.2) is 32.0 Å². The molecule has 144 valence electrons. The number of hydrogen-bond acceptors (Lipinski definition) is 2. The van der Waals surface area contributed by atoms with E-state index >= 15 is 0 Å². The highest BCUT2D eigenvalue weighted by molar-refractivity contribution is 6.31. The molecule has 3 N–H and O–H groups in total. The van der Waals surface area contributed by atoms with Gasteiger partial charge in [-0.05, 0) is 49.6 Å². The van der Waals surface area contributed by atoms with E-state index in [-0.39, 0.29) is 30.9 Å². The standard InChI is InChI=1S/C21H26ClN3O2/c1-14-8-7-11-19(15(14)2)24-21(27)13-25(4)12-20(26)23-16(3)17-9-5-6-10-18(17)22/h5-11,16H,12-13H2,1-4H3,(H,23,26)(H,24,27)/p+1/t16-/m1/s1. The van der Waals surface area contributed by atoms with Crippen LogP contribution in [0.5, 0.6) is 0 Å². The molecular formula is C21H27ClN3O2+. The Morgan fingerprint density at radius 2 is 1.70 bits per heavy atom. The number of amides is 2. The van der Waals surface area contributed by atoms with Crippen LogP contribution in [0.15, 0.2) is 42.5 Å². The normalized spacial score (nSPS) is 12.9. The minimum Gasteiger partial charge on any atom is -0.345 e. The van der Waals surface area contributed by atoms with Gasteiger partial charge < -0.3 is 15.5 Å². The fraction of sp³-hybridized carbons (Fsp3) is 0.333. The van der Waals surface area contributed by atoms with Gasteiger partial charge in [-0.3, -0.25) is 9.59 Å². The zero-order valence-corrected chi connectivity index (χ0v) is 17.0. The lowest BCUT2D eigenvalue weighted by Gasteiger charge is -2.18. The van der Waals surface area contributed by atoms with E-state index in [4.69, 9.17) is 11.6 Å². The van der Waals surface area contributed by atoms with E-state index in [9.17, 15) is 9.59 Å². The molecule has 0 spiro atoms. The molecule has 0 saturated carbocycles. The summed E-state index contributed by atoms with van der Waals surface area (Å²) in [6, 6.07) is 13.0. The maximum atomic E-state index is 12.3. The summed E-state index contributed by atoms with van der Waals surface area (Å²) >= 11 is 6.17. The van der Waals surface area contributed by atoms with E-state index in [1.807, 2.05) is 64.2 Å². The zero-order valence-electron chi connectivity index (χ0n) is 16.2. The van der Waals surface area contributed by atoms with Crippen molar-refractivity contribution < 1.29 is 14.5 Å². The maximum Gasteiger partial charge on any atom is 0.279 e. The zero-order chi connectivity index (χ0) is 20.0. The van der Waals surface area contributed by atoms with Crippen LogP contribution >= 0.6 is 11.6 Å². The largest absolute Gasteiger partial charge is 0.345 e. The molecule has 2 amide bonds. The third kappa shape index (κ3) is 6.08. The van der Waals surface area contributed by atoms with Crippen LogP contribution in [0.1, 0.15) is 29.7 Å².